The summed E-state index contributed by atoms with van der Waals surface area (Å²) < 4.78 is 1.02. The molecule has 0 saturated carbocycles. The van der Waals surface area contributed by atoms with E-state index in [2.05, 4.69) is 33.1 Å². The van der Waals surface area contributed by atoms with Crippen LogP contribution in [0.4, 0.5) is 5.69 Å². The average Bonchev–Trinajstić information content (AvgIpc) is 2.15. The Bertz CT molecular complexity index is 339. The van der Waals surface area contributed by atoms with Crippen molar-refractivity contribution in [3.63, 3.8) is 0 Å². The molecule has 0 radical (unpaired) electrons. The molecule has 0 fully saturated rings. The smallest absolute Gasteiger partial charge is 0.171 e. The molecular formula is C10H11BrN2S. The van der Waals surface area contributed by atoms with Crippen LogP contribution in [-0.4, -0.2) is 11.7 Å². The lowest BCUT2D eigenvalue weighted by Gasteiger charge is -2.08. The van der Waals surface area contributed by atoms with Crippen molar-refractivity contribution in [2.75, 3.05) is 11.9 Å². The van der Waals surface area contributed by atoms with Crippen LogP contribution >= 0.6 is 28.1 Å². The molecule has 2 N–H and O–H groups in total. The van der Waals surface area contributed by atoms with Crippen LogP contribution < -0.4 is 10.6 Å². The molecular weight excluding hydrogens is 260 g/mol. The number of thiocarbonyl (C=S) groups is 1. The molecule has 0 aliphatic rings. The Balaban J connectivity index is 2.51. The van der Waals surface area contributed by atoms with Gasteiger partial charge in [0.15, 0.2) is 5.11 Å². The maximum atomic E-state index is 5.06. The second-order valence-electron chi connectivity index (χ2n) is 2.63. The van der Waals surface area contributed by atoms with E-state index in [0.717, 1.165) is 10.2 Å². The summed E-state index contributed by atoms with van der Waals surface area (Å²) in [6.07, 6.45) is 1.76. The topological polar surface area (TPSA) is 24.1 Å². The highest BCUT2D eigenvalue weighted by Crippen LogP contribution is 2.15. The molecule has 0 atom stereocenters. The second kappa shape index (κ2) is 5.78. The van der Waals surface area contributed by atoms with Gasteiger partial charge < -0.3 is 10.6 Å². The van der Waals surface area contributed by atoms with Gasteiger partial charge in [-0.2, -0.15) is 0 Å². The normalized spacial score (nSPS) is 9.21. The molecule has 0 saturated heterocycles. The Labute approximate surface area is 97.5 Å². The molecule has 2 nitrogen and oxygen atoms in total. The summed E-state index contributed by atoms with van der Waals surface area (Å²) in [6.45, 7) is 4.26. The zero-order valence-corrected chi connectivity index (χ0v) is 9.99. The van der Waals surface area contributed by atoms with Gasteiger partial charge in [0.1, 0.15) is 0 Å². The molecule has 1 aromatic rings. The van der Waals surface area contributed by atoms with E-state index in [4.69, 9.17) is 12.2 Å². The fourth-order valence-electron chi connectivity index (χ4n) is 0.906. The Morgan fingerprint density at radius 3 is 3.00 bits per heavy atom. The first-order valence-electron chi connectivity index (χ1n) is 4.13. The maximum Gasteiger partial charge on any atom is 0.171 e. The Hall–Kier alpha value is -0.870. The SMILES string of the molecule is C=CCNC(=S)Nc1cccc(Br)c1. The summed E-state index contributed by atoms with van der Waals surface area (Å²) in [5.41, 5.74) is 0.959. The van der Waals surface area contributed by atoms with Gasteiger partial charge in [-0.1, -0.05) is 28.1 Å². The number of halogens is 1. The van der Waals surface area contributed by atoms with Gasteiger partial charge in [-0.3, -0.25) is 0 Å². The van der Waals surface area contributed by atoms with Crippen LogP contribution in [0.1, 0.15) is 0 Å². The molecule has 0 aliphatic heterocycles. The third-order valence-corrected chi connectivity index (χ3v) is 2.23. The van der Waals surface area contributed by atoms with Crippen LogP contribution in [0.15, 0.2) is 41.4 Å². The van der Waals surface area contributed by atoms with Gasteiger partial charge >= 0.3 is 0 Å². The largest absolute Gasteiger partial charge is 0.359 e. The number of hydrogen-bond donors (Lipinski definition) is 2. The van der Waals surface area contributed by atoms with Crippen molar-refractivity contribution in [3.05, 3.63) is 41.4 Å². The first kappa shape index (κ1) is 11.2. The summed E-state index contributed by atoms with van der Waals surface area (Å²) in [7, 11) is 0. The lowest BCUT2D eigenvalue weighted by molar-refractivity contribution is 1.06. The van der Waals surface area contributed by atoms with Crippen LogP contribution in [0.5, 0.6) is 0 Å². The lowest BCUT2D eigenvalue weighted by atomic mass is 10.3. The summed E-state index contributed by atoms with van der Waals surface area (Å²) in [5.74, 6) is 0. The minimum atomic E-state index is 0.600. The van der Waals surface area contributed by atoms with Crippen LogP contribution in [0.3, 0.4) is 0 Å². The zero-order chi connectivity index (χ0) is 10.4. The van der Waals surface area contributed by atoms with E-state index in [1.165, 1.54) is 0 Å². The van der Waals surface area contributed by atoms with Crippen LogP contribution in [-0.2, 0) is 0 Å². The summed E-state index contributed by atoms with van der Waals surface area (Å²) >= 11 is 8.44. The first-order valence-corrected chi connectivity index (χ1v) is 5.34. The zero-order valence-electron chi connectivity index (χ0n) is 7.59. The molecule has 0 aliphatic carbocycles. The van der Waals surface area contributed by atoms with Gasteiger partial charge in [-0.25, -0.2) is 0 Å². The number of anilines is 1. The Morgan fingerprint density at radius 2 is 2.36 bits per heavy atom. The van der Waals surface area contributed by atoms with Crippen LogP contribution in [0, 0.1) is 0 Å². The monoisotopic (exact) mass is 270 g/mol. The minimum Gasteiger partial charge on any atom is -0.359 e. The van der Waals surface area contributed by atoms with E-state index in [1.807, 2.05) is 24.3 Å². The lowest BCUT2D eigenvalue weighted by Crippen LogP contribution is -2.28. The molecule has 0 amide bonds. The van der Waals surface area contributed by atoms with E-state index >= 15 is 0 Å². The molecule has 74 valence electrons. The van der Waals surface area contributed by atoms with Gasteiger partial charge in [0, 0.05) is 16.7 Å². The fraction of sp³-hybridized carbons (Fsp3) is 0.100. The summed E-state index contributed by atoms with van der Waals surface area (Å²) in [6, 6.07) is 7.82. The van der Waals surface area contributed by atoms with Crippen molar-refractivity contribution >= 4 is 38.9 Å². The van der Waals surface area contributed by atoms with Gasteiger partial charge in [-0.05, 0) is 30.4 Å². The Morgan fingerprint density at radius 1 is 1.57 bits per heavy atom. The maximum absolute atomic E-state index is 5.06. The Kier molecular flexibility index (Phi) is 4.62. The number of rotatable bonds is 3. The van der Waals surface area contributed by atoms with Gasteiger partial charge in [0.25, 0.3) is 0 Å². The van der Waals surface area contributed by atoms with Crippen LogP contribution in [0.25, 0.3) is 0 Å². The van der Waals surface area contributed by atoms with Crippen LogP contribution in [0.2, 0.25) is 0 Å². The fourth-order valence-corrected chi connectivity index (χ4v) is 1.51. The van der Waals surface area contributed by atoms with Gasteiger partial charge in [0.2, 0.25) is 0 Å². The van der Waals surface area contributed by atoms with Crippen molar-refractivity contribution in [3.8, 4) is 0 Å². The molecule has 0 heterocycles. The highest BCUT2D eigenvalue weighted by molar-refractivity contribution is 9.10. The van der Waals surface area contributed by atoms with Crippen molar-refractivity contribution in [1.82, 2.24) is 5.32 Å². The predicted molar refractivity (Wildman–Crippen MR) is 68.6 cm³/mol. The minimum absolute atomic E-state index is 0.600. The summed E-state index contributed by atoms with van der Waals surface area (Å²) in [5, 5.41) is 6.65. The molecule has 4 heteroatoms. The third kappa shape index (κ3) is 3.89. The van der Waals surface area contributed by atoms with Crippen molar-refractivity contribution < 1.29 is 0 Å². The van der Waals surface area contributed by atoms with E-state index in [0.29, 0.717) is 11.7 Å². The highest BCUT2D eigenvalue weighted by atomic mass is 79.9. The average molecular weight is 271 g/mol. The quantitative estimate of drug-likeness (QED) is 0.653. The first-order chi connectivity index (χ1) is 6.72. The summed E-state index contributed by atoms with van der Waals surface area (Å²) in [4.78, 5) is 0. The van der Waals surface area contributed by atoms with Crippen molar-refractivity contribution in [2.45, 2.75) is 0 Å². The molecule has 1 aromatic carbocycles. The van der Waals surface area contributed by atoms with Gasteiger partial charge in [-0.15, -0.1) is 6.58 Å². The predicted octanol–water partition coefficient (Wildman–Crippen LogP) is 2.92. The highest BCUT2D eigenvalue weighted by Gasteiger charge is 1.95. The second-order valence-corrected chi connectivity index (χ2v) is 3.96. The molecule has 0 spiro atoms. The van der Waals surface area contributed by atoms with Crippen molar-refractivity contribution in [2.24, 2.45) is 0 Å². The molecule has 0 unspecified atom stereocenters. The van der Waals surface area contributed by atoms with E-state index in [-0.39, 0.29) is 0 Å². The third-order valence-electron chi connectivity index (χ3n) is 1.49. The molecule has 1 rings (SSSR count). The number of nitrogens with one attached hydrogen (secondary N) is 2. The van der Waals surface area contributed by atoms with E-state index < -0.39 is 0 Å². The van der Waals surface area contributed by atoms with E-state index in [9.17, 15) is 0 Å². The molecule has 14 heavy (non-hydrogen) atoms. The standard InChI is InChI=1S/C10H11BrN2S/c1-2-6-12-10(14)13-9-5-3-4-8(11)7-9/h2-5,7H,1,6H2,(H2,12,13,14). The van der Waals surface area contributed by atoms with E-state index in [1.54, 1.807) is 6.08 Å². The molecule has 0 bridgehead atoms. The number of benzene rings is 1. The van der Waals surface area contributed by atoms with Gasteiger partial charge in [0.05, 0.1) is 0 Å². The van der Waals surface area contributed by atoms with Crippen molar-refractivity contribution in [1.29, 1.82) is 0 Å². The molecule has 0 aromatic heterocycles. The number of hydrogen-bond acceptors (Lipinski definition) is 1.